The molecule has 1 saturated heterocycles. The minimum Gasteiger partial charge on any atom is -0.343 e. The summed E-state index contributed by atoms with van der Waals surface area (Å²) in [6.45, 7) is 6.80. The zero-order valence-electron chi connectivity index (χ0n) is 14.6. The predicted molar refractivity (Wildman–Crippen MR) is 95.4 cm³/mol. The van der Waals surface area contributed by atoms with Gasteiger partial charge in [-0.05, 0) is 69.4 Å². The van der Waals surface area contributed by atoms with Gasteiger partial charge in [0.1, 0.15) is 0 Å². The number of carbonyl (C=O) groups excluding carboxylic acids is 1. The summed E-state index contributed by atoms with van der Waals surface area (Å²) in [5.74, 6) is 2.47. The van der Waals surface area contributed by atoms with Crippen LogP contribution in [0.2, 0.25) is 0 Å². The topological polar surface area (TPSA) is 32.3 Å². The van der Waals surface area contributed by atoms with Crippen LogP contribution in [0.25, 0.3) is 0 Å². The quantitative estimate of drug-likeness (QED) is 0.830. The van der Waals surface area contributed by atoms with E-state index in [0.29, 0.717) is 23.8 Å². The van der Waals surface area contributed by atoms with E-state index in [9.17, 15) is 4.79 Å². The smallest absolute Gasteiger partial charge is 0.222 e. The van der Waals surface area contributed by atoms with Crippen LogP contribution in [0.4, 0.5) is 0 Å². The van der Waals surface area contributed by atoms with Crippen LogP contribution in [0.5, 0.6) is 0 Å². The van der Waals surface area contributed by atoms with Gasteiger partial charge in [0.2, 0.25) is 5.91 Å². The van der Waals surface area contributed by atoms with Gasteiger partial charge in [-0.15, -0.1) is 12.4 Å². The Kier molecular flexibility index (Phi) is 8.78. The molecule has 1 heterocycles. The molecule has 3 nitrogen and oxygen atoms in total. The second-order valence-electron chi connectivity index (χ2n) is 7.38. The summed E-state index contributed by atoms with van der Waals surface area (Å²) in [7, 11) is 2.03. The van der Waals surface area contributed by atoms with Crippen molar-refractivity contribution in [1.29, 1.82) is 0 Å². The molecule has 1 amide bonds. The number of hydrogen-bond acceptors (Lipinski definition) is 2. The van der Waals surface area contributed by atoms with E-state index < -0.39 is 0 Å². The van der Waals surface area contributed by atoms with Gasteiger partial charge in [-0.3, -0.25) is 4.79 Å². The van der Waals surface area contributed by atoms with Crippen LogP contribution >= 0.6 is 12.4 Å². The van der Waals surface area contributed by atoms with E-state index in [2.05, 4.69) is 24.1 Å². The van der Waals surface area contributed by atoms with E-state index in [4.69, 9.17) is 0 Å². The van der Waals surface area contributed by atoms with Crippen LogP contribution in [0.3, 0.4) is 0 Å². The lowest BCUT2D eigenvalue weighted by molar-refractivity contribution is -0.134. The van der Waals surface area contributed by atoms with Gasteiger partial charge in [-0.25, -0.2) is 0 Å². The Labute approximate surface area is 143 Å². The van der Waals surface area contributed by atoms with Crippen molar-refractivity contribution in [2.45, 2.75) is 71.3 Å². The molecule has 1 aliphatic carbocycles. The van der Waals surface area contributed by atoms with Gasteiger partial charge in [-0.2, -0.15) is 0 Å². The highest BCUT2D eigenvalue weighted by atomic mass is 35.5. The van der Waals surface area contributed by atoms with E-state index in [-0.39, 0.29) is 12.4 Å². The molecule has 4 heteroatoms. The zero-order chi connectivity index (χ0) is 15.2. The first-order valence-corrected chi connectivity index (χ1v) is 9.08. The molecule has 2 unspecified atom stereocenters. The maximum absolute atomic E-state index is 12.6. The van der Waals surface area contributed by atoms with Gasteiger partial charge >= 0.3 is 0 Å². The number of carbonyl (C=O) groups is 1. The molecule has 0 aromatic carbocycles. The predicted octanol–water partition coefficient (Wildman–Crippen LogP) is 3.86. The van der Waals surface area contributed by atoms with Gasteiger partial charge in [-0.1, -0.05) is 20.3 Å². The molecule has 0 radical (unpaired) electrons. The van der Waals surface area contributed by atoms with Crippen molar-refractivity contribution in [2.75, 3.05) is 20.1 Å². The van der Waals surface area contributed by atoms with Crippen molar-refractivity contribution in [2.24, 2.45) is 17.8 Å². The number of nitrogens with zero attached hydrogens (tertiary/aromatic N) is 1. The summed E-state index contributed by atoms with van der Waals surface area (Å²) < 4.78 is 0. The Bertz CT molecular complexity index is 323. The maximum Gasteiger partial charge on any atom is 0.222 e. The molecule has 130 valence electrons. The Balaban J connectivity index is 0.00000242. The lowest BCUT2D eigenvalue weighted by Gasteiger charge is -2.36. The van der Waals surface area contributed by atoms with Gasteiger partial charge in [0.25, 0.3) is 0 Å². The average Bonchev–Trinajstić information content (AvgIpc) is 2.55. The largest absolute Gasteiger partial charge is 0.343 e. The van der Waals surface area contributed by atoms with Gasteiger partial charge in [0.05, 0.1) is 0 Å². The summed E-state index contributed by atoms with van der Waals surface area (Å²) in [5.41, 5.74) is 0. The van der Waals surface area contributed by atoms with Gasteiger partial charge in [0.15, 0.2) is 0 Å². The minimum atomic E-state index is 0. The second kappa shape index (κ2) is 9.77. The molecule has 2 rings (SSSR count). The monoisotopic (exact) mass is 330 g/mol. The third-order valence-corrected chi connectivity index (χ3v) is 5.97. The van der Waals surface area contributed by atoms with Crippen molar-refractivity contribution in [1.82, 2.24) is 10.2 Å². The number of piperidine rings is 1. The number of rotatable bonds is 5. The molecule has 1 N–H and O–H groups in total. The van der Waals surface area contributed by atoms with E-state index in [0.717, 1.165) is 25.4 Å². The molecule has 2 atom stereocenters. The van der Waals surface area contributed by atoms with E-state index in [1.54, 1.807) is 0 Å². The number of amides is 1. The number of nitrogens with one attached hydrogen (secondary N) is 1. The molecule has 2 fully saturated rings. The minimum absolute atomic E-state index is 0. The van der Waals surface area contributed by atoms with Crippen molar-refractivity contribution in [3.8, 4) is 0 Å². The van der Waals surface area contributed by atoms with E-state index in [1.807, 2.05) is 7.05 Å². The lowest BCUT2D eigenvalue weighted by atomic mass is 9.83. The standard InChI is InChI=1S/C18H34N2O.ClH/c1-4-15-7-9-17(10-8-15)20(3)18(21)12-14(2)16-6-5-11-19-13-16;/h14-17,19H,4-13H2,1-3H3;1H. The first-order chi connectivity index (χ1) is 10.1. The van der Waals surface area contributed by atoms with Crippen molar-refractivity contribution in [3.63, 3.8) is 0 Å². The summed E-state index contributed by atoms with van der Waals surface area (Å²) in [4.78, 5) is 14.6. The highest BCUT2D eigenvalue weighted by Gasteiger charge is 2.28. The molecule has 1 saturated carbocycles. The Hall–Kier alpha value is -0.280. The van der Waals surface area contributed by atoms with Crippen LogP contribution in [0, 0.1) is 17.8 Å². The molecule has 22 heavy (non-hydrogen) atoms. The van der Waals surface area contributed by atoms with E-state index in [1.165, 1.54) is 44.9 Å². The van der Waals surface area contributed by atoms with Crippen molar-refractivity contribution in [3.05, 3.63) is 0 Å². The maximum atomic E-state index is 12.6. The molecule has 2 aliphatic rings. The first-order valence-electron chi connectivity index (χ1n) is 9.08. The van der Waals surface area contributed by atoms with Crippen LogP contribution in [0.1, 0.15) is 65.2 Å². The van der Waals surface area contributed by atoms with Crippen molar-refractivity contribution >= 4 is 18.3 Å². The molecule has 0 bridgehead atoms. The molecule has 0 aromatic rings. The average molecular weight is 331 g/mol. The molecule has 0 aromatic heterocycles. The highest BCUT2D eigenvalue weighted by molar-refractivity contribution is 5.85. The van der Waals surface area contributed by atoms with Gasteiger partial charge in [0, 0.05) is 19.5 Å². The van der Waals surface area contributed by atoms with Crippen LogP contribution in [-0.4, -0.2) is 37.0 Å². The molecular weight excluding hydrogens is 296 g/mol. The normalized spacial score (nSPS) is 30.2. The first kappa shape index (κ1) is 19.8. The second-order valence-corrected chi connectivity index (χ2v) is 7.38. The van der Waals surface area contributed by atoms with Crippen molar-refractivity contribution < 1.29 is 4.79 Å². The Morgan fingerprint density at radius 1 is 1.23 bits per heavy atom. The zero-order valence-corrected chi connectivity index (χ0v) is 15.5. The molecule has 0 spiro atoms. The third-order valence-electron chi connectivity index (χ3n) is 5.97. The fourth-order valence-electron chi connectivity index (χ4n) is 4.09. The molecule has 1 aliphatic heterocycles. The summed E-state index contributed by atoms with van der Waals surface area (Å²) in [6.07, 6.45) is 9.61. The fraction of sp³-hybridized carbons (Fsp3) is 0.944. The van der Waals surface area contributed by atoms with Crippen LogP contribution in [0.15, 0.2) is 0 Å². The number of halogens is 1. The SMILES string of the molecule is CCC1CCC(N(C)C(=O)CC(C)C2CCCNC2)CC1.Cl. The van der Waals surface area contributed by atoms with E-state index >= 15 is 0 Å². The van der Waals surface area contributed by atoms with Crippen LogP contribution < -0.4 is 5.32 Å². The Morgan fingerprint density at radius 2 is 1.91 bits per heavy atom. The summed E-state index contributed by atoms with van der Waals surface area (Å²) >= 11 is 0. The third kappa shape index (κ3) is 5.42. The summed E-state index contributed by atoms with van der Waals surface area (Å²) in [6, 6.07) is 0.497. The summed E-state index contributed by atoms with van der Waals surface area (Å²) in [5, 5.41) is 3.47. The Morgan fingerprint density at radius 3 is 2.45 bits per heavy atom. The van der Waals surface area contributed by atoms with Gasteiger partial charge < -0.3 is 10.2 Å². The lowest BCUT2D eigenvalue weighted by Crippen LogP contribution is -2.41. The fourth-order valence-corrected chi connectivity index (χ4v) is 4.09. The van der Waals surface area contributed by atoms with Crippen LogP contribution in [-0.2, 0) is 4.79 Å². The number of hydrogen-bond donors (Lipinski definition) is 1. The molecular formula is C18H35ClN2O. The highest BCUT2D eigenvalue weighted by Crippen LogP contribution is 2.30.